The minimum atomic E-state index is -0.104. The van der Waals surface area contributed by atoms with Crippen LogP contribution in [-0.2, 0) is 9.53 Å². The second-order valence-electron chi connectivity index (χ2n) is 4.02. The molecule has 1 fully saturated rings. The van der Waals surface area contributed by atoms with E-state index in [-0.39, 0.29) is 23.3 Å². The van der Waals surface area contributed by atoms with Gasteiger partial charge >= 0.3 is 0 Å². The molecule has 1 N–H and O–H groups in total. The van der Waals surface area contributed by atoms with Crippen LogP contribution in [0.5, 0.6) is 0 Å². The second-order valence-corrected chi connectivity index (χ2v) is 4.34. The summed E-state index contributed by atoms with van der Waals surface area (Å²) in [5.74, 6) is 0.267. The van der Waals surface area contributed by atoms with E-state index >= 15 is 0 Å². The molecule has 0 aromatic carbocycles. The predicted molar refractivity (Wildman–Crippen MR) is 55.0 cm³/mol. The first-order valence-corrected chi connectivity index (χ1v) is 5.21. The van der Waals surface area contributed by atoms with E-state index in [0.29, 0.717) is 0 Å². The maximum Gasteiger partial charge on any atom is 0.229 e. The largest absolute Gasteiger partial charge is 0.375 e. The summed E-state index contributed by atoms with van der Waals surface area (Å²) in [5, 5.41) is 2.93. The number of nitrogens with one attached hydrogen (secondary N) is 1. The van der Waals surface area contributed by atoms with Crippen LogP contribution in [0.2, 0.25) is 0 Å². The van der Waals surface area contributed by atoms with Crippen molar-refractivity contribution in [2.75, 3.05) is 12.4 Å². The van der Waals surface area contributed by atoms with Gasteiger partial charge in [-0.25, -0.2) is 0 Å². The van der Waals surface area contributed by atoms with Crippen molar-refractivity contribution in [2.45, 2.75) is 38.3 Å². The average molecular weight is 203 g/mol. The summed E-state index contributed by atoms with van der Waals surface area (Å²) >= 11 is 3.92. The van der Waals surface area contributed by atoms with Crippen molar-refractivity contribution in [1.82, 2.24) is 5.32 Å². The van der Waals surface area contributed by atoms with E-state index in [1.807, 2.05) is 13.8 Å². The number of thiol groups is 1. The Hall–Kier alpha value is -0.220. The van der Waals surface area contributed by atoms with Gasteiger partial charge < -0.3 is 10.1 Å². The van der Waals surface area contributed by atoms with Gasteiger partial charge in [0.2, 0.25) is 5.91 Å². The van der Waals surface area contributed by atoms with Gasteiger partial charge in [-0.15, -0.1) is 0 Å². The minimum absolute atomic E-state index is 0.00559. The molecule has 3 nitrogen and oxygen atoms in total. The third-order valence-corrected chi connectivity index (χ3v) is 2.49. The summed E-state index contributed by atoms with van der Waals surface area (Å²) in [6.07, 6.45) is 1.79. The Bertz CT molecular complexity index is 194. The van der Waals surface area contributed by atoms with Gasteiger partial charge in [0.05, 0.1) is 11.4 Å². The van der Waals surface area contributed by atoms with Crippen molar-refractivity contribution in [1.29, 1.82) is 0 Å². The van der Waals surface area contributed by atoms with Gasteiger partial charge in [-0.2, -0.15) is 12.6 Å². The second kappa shape index (κ2) is 4.33. The molecule has 0 aromatic rings. The van der Waals surface area contributed by atoms with Crippen molar-refractivity contribution >= 4 is 18.5 Å². The Morgan fingerprint density at radius 3 is 2.92 bits per heavy atom. The van der Waals surface area contributed by atoms with E-state index in [2.05, 4.69) is 17.9 Å². The molecule has 1 unspecified atom stereocenters. The molecule has 4 heteroatoms. The van der Waals surface area contributed by atoms with Gasteiger partial charge in [-0.3, -0.25) is 4.79 Å². The highest BCUT2D eigenvalue weighted by Gasteiger charge is 2.29. The van der Waals surface area contributed by atoms with Gasteiger partial charge in [0.25, 0.3) is 0 Å². The summed E-state index contributed by atoms with van der Waals surface area (Å²) in [4.78, 5) is 11.1. The van der Waals surface area contributed by atoms with Crippen LogP contribution in [0.1, 0.15) is 26.7 Å². The summed E-state index contributed by atoms with van der Waals surface area (Å²) < 4.78 is 5.54. The standard InChI is InChI=1S/C9H17NO2S/c1-9(2)5-7(3-4-12-9)10-8(11)6-13/h7,13H,3-6H2,1-2H3,(H,10,11). The Labute approximate surface area is 84.6 Å². The van der Waals surface area contributed by atoms with Crippen LogP contribution in [-0.4, -0.2) is 29.9 Å². The Morgan fingerprint density at radius 1 is 1.69 bits per heavy atom. The zero-order valence-corrected chi connectivity index (χ0v) is 9.06. The number of hydrogen-bond acceptors (Lipinski definition) is 3. The van der Waals surface area contributed by atoms with Gasteiger partial charge in [-0.1, -0.05) is 0 Å². The molecule has 0 radical (unpaired) electrons. The molecule has 0 spiro atoms. The van der Waals surface area contributed by atoms with Gasteiger partial charge in [-0.05, 0) is 26.7 Å². The van der Waals surface area contributed by atoms with Crippen LogP contribution in [0.25, 0.3) is 0 Å². The lowest BCUT2D eigenvalue weighted by atomic mass is 9.94. The molecular formula is C9H17NO2S. The smallest absolute Gasteiger partial charge is 0.229 e. The lowest BCUT2D eigenvalue weighted by Gasteiger charge is -2.35. The summed E-state index contributed by atoms with van der Waals surface area (Å²) in [6.45, 7) is 4.82. The fourth-order valence-corrected chi connectivity index (χ4v) is 1.72. The Kier molecular flexibility index (Phi) is 3.62. The summed E-state index contributed by atoms with van der Waals surface area (Å²) in [5.41, 5.74) is -0.104. The average Bonchev–Trinajstić information content (AvgIpc) is 2.02. The van der Waals surface area contributed by atoms with Crippen molar-refractivity contribution in [2.24, 2.45) is 0 Å². The highest BCUT2D eigenvalue weighted by molar-refractivity contribution is 7.81. The molecule has 1 rings (SSSR count). The zero-order chi connectivity index (χ0) is 9.90. The summed E-state index contributed by atoms with van der Waals surface area (Å²) in [7, 11) is 0. The van der Waals surface area contributed by atoms with Crippen LogP contribution < -0.4 is 5.32 Å². The van der Waals surface area contributed by atoms with Crippen LogP contribution in [0.15, 0.2) is 0 Å². The predicted octanol–water partition coefficient (Wildman–Crippen LogP) is 0.990. The molecule has 1 atom stereocenters. The number of ether oxygens (including phenoxy) is 1. The Balaban J connectivity index is 2.39. The number of carbonyl (C=O) groups excluding carboxylic acids is 1. The highest BCUT2D eigenvalue weighted by atomic mass is 32.1. The first-order chi connectivity index (χ1) is 6.03. The van der Waals surface area contributed by atoms with E-state index in [9.17, 15) is 4.79 Å². The van der Waals surface area contributed by atoms with Crippen LogP contribution in [0.3, 0.4) is 0 Å². The number of hydrogen-bond donors (Lipinski definition) is 2. The zero-order valence-electron chi connectivity index (χ0n) is 8.17. The minimum Gasteiger partial charge on any atom is -0.375 e. The SMILES string of the molecule is CC1(C)CC(NC(=O)CS)CCO1. The van der Waals surface area contributed by atoms with Crippen molar-refractivity contribution in [3.63, 3.8) is 0 Å². The fraction of sp³-hybridized carbons (Fsp3) is 0.889. The first-order valence-electron chi connectivity index (χ1n) is 4.58. The van der Waals surface area contributed by atoms with Gasteiger partial charge in [0.15, 0.2) is 0 Å². The molecule has 0 aromatic heterocycles. The van der Waals surface area contributed by atoms with E-state index in [1.165, 1.54) is 0 Å². The van der Waals surface area contributed by atoms with Crippen molar-refractivity contribution < 1.29 is 9.53 Å². The maximum atomic E-state index is 11.1. The van der Waals surface area contributed by atoms with E-state index < -0.39 is 0 Å². The van der Waals surface area contributed by atoms with Crippen molar-refractivity contribution in [3.8, 4) is 0 Å². The maximum absolute atomic E-state index is 11.1. The molecule has 0 saturated carbocycles. The third-order valence-electron chi connectivity index (χ3n) is 2.21. The number of carbonyl (C=O) groups is 1. The van der Waals surface area contributed by atoms with Crippen LogP contribution in [0.4, 0.5) is 0 Å². The van der Waals surface area contributed by atoms with E-state index in [0.717, 1.165) is 19.4 Å². The number of rotatable bonds is 2. The third kappa shape index (κ3) is 3.56. The topological polar surface area (TPSA) is 38.3 Å². The van der Waals surface area contributed by atoms with Crippen LogP contribution in [0, 0.1) is 0 Å². The monoisotopic (exact) mass is 203 g/mol. The molecule has 13 heavy (non-hydrogen) atoms. The van der Waals surface area contributed by atoms with Crippen LogP contribution >= 0.6 is 12.6 Å². The lowest BCUT2D eigenvalue weighted by Crippen LogP contribution is -2.46. The quantitative estimate of drug-likeness (QED) is 0.657. The molecule has 0 bridgehead atoms. The van der Waals surface area contributed by atoms with E-state index in [1.54, 1.807) is 0 Å². The first kappa shape index (κ1) is 10.9. The molecule has 0 aliphatic carbocycles. The molecular weight excluding hydrogens is 186 g/mol. The lowest BCUT2D eigenvalue weighted by molar-refractivity contribution is -0.121. The van der Waals surface area contributed by atoms with Gasteiger partial charge in [0, 0.05) is 12.6 Å². The number of amides is 1. The molecule has 1 saturated heterocycles. The molecule has 1 amide bonds. The normalized spacial score (nSPS) is 26.8. The molecule has 76 valence electrons. The van der Waals surface area contributed by atoms with E-state index in [4.69, 9.17) is 4.74 Å². The molecule has 1 aliphatic heterocycles. The van der Waals surface area contributed by atoms with Crippen molar-refractivity contribution in [3.05, 3.63) is 0 Å². The summed E-state index contributed by atoms with van der Waals surface area (Å²) in [6, 6.07) is 0.253. The highest BCUT2D eigenvalue weighted by Crippen LogP contribution is 2.23. The Morgan fingerprint density at radius 2 is 2.38 bits per heavy atom. The fourth-order valence-electron chi connectivity index (χ4n) is 1.63. The van der Waals surface area contributed by atoms with Gasteiger partial charge in [0.1, 0.15) is 0 Å². The molecule has 1 heterocycles. The molecule has 1 aliphatic rings.